The third-order valence-electron chi connectivity index (χ3n) is 4.35. The van der Waals surface area contributed by atoms with Gasteiger partial charge in [0.05, 0.1) is 11.1 Å². The summed E-state index contributed by atoms with van der Waals surface area (Å²) in [5.74, 6) is 0. The summed E-state index contributed by atoms with van der Waals surface area (Å²) in [6.45, 7) is 9.32. The highest BCUT2D eigenvalue weighted by Crippen LogP contribution is 2.22. The minimum absolute atomic E-state index is 0.294. The highest BCUT2D eigenvalue weighted by atomic mass is 32.1. The van der Waals surface area contributed by atoms with E-state index in [-0.39, 0.29) is 0 Å². The molecule has 1 heterocycles. The van der Waals surface area contributed by atoms with Crippen LogP contribution in [-0.2, 0) is 0 Å². The minimum atomic E-state index is 0.294. The highest BCUT2D eigenvalue weighted by molar-refractivity contribution is 7.80. The maximum atomic E-state index is 5.49. The van der Waals surface area contributed by atoms with E-state index in [2.05, 4.69) is 43.6 Å². The molecule has 0 aromatic heterocycles. The zero-order valence-electron chi connectivity index (χ0n) is 12.9. The van der Waals surface area contributed by atoms with Gasteiger partial charge in [0.25, 0.3) is 0 Å². The van der Waals surface area contributed by atoms with Crippen LogP contribution in [0, 0.1) is 0 Å². The Hall–Kier alpha value is -0.350. The Balaban J connectivity index is 1.85. The van der Waals surface area contributed by atoms with Gasteiger partial charge in [-0.25, -0.2) is 0 Å². The highest BCUT2D eigenvalue weighted by Gasteiger charge is 2.41. The average Bonchev–Trinajstić information content (AvgIpc) is 2.63. The summed E-state index contributed by atoms with van der Waals surface area (Å²) in [5.41, 5.74) is 0.588. The molecular formula is C15H30N3S+. The largest absolute Gasteiger partial charge is 0.360 e. The van der Waals surface area contributed by atoms with E-state index >= 15 is 0 Å². The van der Waals surface area contributed by atoms with Crippen LogP contribution in [0.25, 0.3) is 0 Å². The smallest absolute Gasteiger partial charge is 0.166 e. The van der Waals surface area contributed by atoms with Crippen LogP contribution in [0.4, 0.5) is 0 Å². The van der Waals surface area contributed by atoms with Crippen LogP contribution >= 0.6 is 12.2 Å². The number of hydrogen-bond acceptors (Lipinski definition) is 1. The van der Waals surface area contributed by atoms with Gasteiger partial charge in [-0.3, -0.25) is 0 Å². The number of quaternary nitrogens is 1. The molecular weight excluding hydrogens is 254 g/mol. The fourth-order valence-electron chi connectivity index (χ4n) is 4.10. The lowest BCUT2D eigenvalue weighted by Crippen LogP contribution is -3.06. The van der Waals surface area contributed by atoms with Crippen LogP contribution in [0.3, 0.4) is 0 Å². The number of thiocarbonyl (C=S) groups is 1. The second kappa shape index (κ2) is 5.57. The average molecular weight is 284 g/mol. The zero-order chi connectivity index (χ0) is 14.1. The summed E-state index contributed by atoms with van der Waals surface area (Å²) < 4.78 is 0. The summed E-state index contributed by atoms with van der Waals surface area (Å²) in [5, 5.41) is 10.4. The molecule has 0 aromatic rings. The van der Waals surface area contributed by atoms with Crippen LogP contribution in [0.2, 0.25) is 0 Å². The van der Waals surface area contributed by atoms with Gasteiger partial charge in [-0.1, -0.05) is 12.8 Å². The van der Waals surface area contributed by atoms with E-state index in [0.29, 0.717) is 23.2 Å². The first-order valence-electron chi connectivity index (χ1n) is 7.70. The van der Waals surface area contributed by atoms with Gasteiger partial charge >= 0.3 is 0 Å². The zero-order valence-corrected chi connectivity index (χ0v) is 13.7. The second-order valence-corrected chi connectivity index (χ2v) is 8.23. The molecule has 1 saturated carbocycles. The van der Waals surface area contributed by atoms with Crippen molar-refractivity contribution < 1.29 is 5.32 Å². The molecule has 1 saturated heterocycles. The number of hydrogen-bond donors (Lipinski definition) is 3. The lowest BCUT2D eigenvalue weighted by Gasteiger charge is -2.43. The number of piperidine rings is 1. The monoisotopic (exact) mass is 284 g/mol. The first kappa shape index (κ1) is 15.0. The van der Waals surface area contributed by atoms with Gasteiger partial charge in [-0.2, -0.15) is 0 Å². The molecule has 0 unspecified atom stereocenters. The Morgan fingerprint density at radius 3 is 1.95 bits per heavy atom. The van der Waals surface area contributed by atoms with Gasteiger partial charge < -0.3 is 16.0 Å². The normalized spacial score (nSPS) is 27.2. The summed E-state index contributed by atoms with van der Waals surface area (Å²) in [6.07, 6.45) is 7.58. The van der Waals surface area contributed by atoms with Gasteiger partial charge in [0.15, 0.2) is 5.11 Å². The molecule has 110 valence electrons. The van der Waals surface area contributed by atoms with Crippen molar-refractivity contribution in [2.24, 2.45) is 0 Å². The minimum Gasteiger partial charge on any atom is -0.360 e. The third-order valence-corrected chi connectivity index (χ3v) is 4.59. The predicted molar refractivity (Wildman–Crippen MR) is 84.2 cm³/mol. The molecule has 0 aromatic carbocycles. The Morgan fingerprint density at radius 2 is 1.42 bits per heavy atom. The maximum Gasteiger partial charge on any atom is 0.166 e. The summed E-state index contributed by atoms with van der Waals surface area (Å²) >= 11 is 5.49. The second-order valence-electron chi connectivity index (χ2n) is 7.83. The van der Waals surface area contributed by atoms with Crippen LogP contribution < -0.4 is 16.0 Å². The van der Waals surface area contributed by atoms with E-state index in [1.807, 2.05) is 0 Å². The van der Waals surface area contributed by atoms with Gasteiger partial charge in [-0.05, 0) is 52.8 Å². The van der Waals surface area contributed by atoms with Crippen molar-refractivity contribution in [1.82, 2.24) is 10.6 Å². The van der Waals surface area contributed by atoms with Crippen LogP contribution in [0.15, 0.2) is 0 Å². The molecule has 0 radical (unpaired) electrons. The van der Waals surface area contributed by atoms with Crippen LogP contribution in [-0.4, -0.2) is 28.3 Å². The van der Waals surface area contributed by atoms with Crippen LogP contribution in [0.1, 0.15) is 66.2 Å². The van der Waals surface area contributed by atoms with E-state index in [0.717, 1.165) is 5.11 Å². The van der Waals surface area contributed by atoms with Crippen molar-refractivity contribution in [2.45, 2.75) is 89.4 Å². The van der Waals surface area contributed by atoms with E-state index in [4.69, 9.17) is 12.2 Å². The van der Waals surface area contributed by atoms with Gasteiger partial charge in [0, 0.05) is 24.9 Å². The molecule has 4 heteroatoms. The first-order chi connectivity index (χ1) is 8.76. The molecule has 1 aliphatic carbocycles. The molecule has 2 aliphatic rings. The molecule has 0 atom stereocenters. The lowest BCUT2D eigenvalue weighted by atomic mass is 9.80. The van der Waals surface area contributed by atoms with Crippen molar-refractivity contribution in [2.75, 3.05) is 0 Å². The molecule has 0 bridgehead atoms. The van der Waals surface area contributed by atoms with Crippen LogP contribution in [0.5, 0.6) is 0 Å². The van der Waals surface area contributed by atoms with E-state index < -0.39 is 0 Å². The van der Waals surface area contributed by atoms with Gasteiger partial charge in [0.1, 0.15) is 0 Å². The Kier molecular flexibility index (Phi) is 4.41. The van der Waals surface area contributed by atoms with Gasteiger partial charge in [-0.15, -0.1) is 0 Å². The molecule has 4 N–H and O–H groups in total. The number of nitrogens with one attached hydrogen (secondary N) is 2. The van der Waals surface area contributed by atoms with Gasteiger partial charge in [0.2, 0.25) is 0 Å². The SMILES string of the molecule is CC1(C)CC(NC(=S)NC2CCCC2)CC(C)(C)[NH2+]1. The quantitative estimate of drug-likeness (QED) is 0.676. The van der Waals surface area contributed by atoms with Crippen molar-refractivity contribution in [3.63, 3.8) is 0 Å². The standard InChI is InChI=1S/C15H29N3S/c1-14(2)9-12(10-15(3,4)18-14)17-13(19)16-11-7-5-6-8-11/h11-12,18H,5-10H2,1-4H3,(H2,16,17,19)/p+1. The summed E-state index contributed by atoms with van der Waals surface area (Å²) in [7, 11) is 0. The number of rotatable bonds is 2. The maximum absolute atomic E-state index is 5.49. The first-order valence-corrected chi connectivity index (χ1v) is 8.11. The topological polar surface area (TPSA) is 40.7 Å². The molecule has 0 amide bonds. The van der Waals surface area contributed by atoms with E-state index in [1.54, 1.807) is 0 Å². The predicted octanol–water partition coefficient (Wildman–Crippen LogP) is 1.68. The lowest BCUT2D eigenvalue weighted by molar-refractivity contribution is -0.787. The molecule has 0 spiro atoms. The van der Waals surface area contributed by atoms with E-state index in [1.165, 1.54) is 38.5 Å². The molecule has 2 fully saturated rings. The van der Waals surface area contributed by atoms with Crippen molar-refractivity contribution in [1.29, 1.82) is 0 Å². The molecule has 1 aliphatic heterocycles. The molecule has 3 nitrogen and oxygen atoms in total. The van der Waals surface area contributed by atoms with E-state index in [9.17, 15) is 0 Å². The molecule has 2 rings (SSSR count). The van der Waals surface area contributed by atoms with Crippen molar-refractivity contribution in [3.05, 3.63) is 0 Å². The Bertz CT molecular complexity index is 316. The molecule has 19 heavy (non-hydrogen) atoms. The fourth-order valence-corrected chi connectivity index (χ4v) is 4.44. The third kappa shape index (κ3) is 4.60. The number of nitrogens with two attached hydrogens (primary N) is 1. The summed E-state index contributed by atoms with van der Waals surface area (Å²) in [6, 6.07) is 1.10. The van der Waals surface area contributed by atoms with Crippen molar-refractivity contribution in [3.8, 4) is 0 Å². The Morgan fingerprint density at radius 1 is 0.947 bits per heavy atom. The summed E-state index contributed by atoms with van der Waals surface area (Å²) in [4.78, 5) is 0. The Labute approximate surface area is 123 Å². The fraction of sp³-hybridized carbons (Fsp3) is 0.933. The van der Waals surface area contributed by atoms with Crippen molar-refractivity contribution >= 4 is 17.3 Å².